The molecule has 1 atom stereocenters. The second kappa shape index (κ2) is 9.17. The Labute approximate surface area is 141 Å². The summed E-state index contributed by atoms with van der Waals surface area (Å²) in [5, 5.41) is 0. The molecule has 1 saturated heterocycles. The van der Waals surface area contributed by atoms with Crippen LogP contribution in [0.25, 0.3) is 0 Å². The van der Waals surface area contributed by atoms with Crippen LogP contribution in [0.3, 0.4) is 0 Å². The van der Waals surface area contributed by atoms with Crippen LogP contribution in [-0.2, 0) is 10.3 Å². The van der Waals surface area contributed by atoms with Gasteiger partial charge in [0.2, 0.25) is 0 Å². The summed E-state index contributed by atoms with van der Waals surface area (Å²) < 4.78 is 16.9. The summed E-state index contributed by atoms with van der Waals surface area (Å²) in [6.07, 6.45) is 10.5. The van der Waals surface area contributed by atoms with Gasteiger partial charge in [-0.25, -0.2) is 0 Å². The van der Waals surface area contributed by atoms with Gasteiger partial charge in [0.15, 0.2) is 0 Å². The molecule has 3 heteroatoms. The third-order valence-electron chi connectivity index (χ3n) is 4.59. The molecule has 1 fully saturated rings. The highest BCUT2D eigenvalue weighted by Gasteiger charge is 2.43. The van der Waals surface area contributed by atoms with E-state index in [4.69, 9.17) is 14.2 Å². The minimum Gasteiger partial charge on any atom is -0.497 e. The van der Waals surface area contributed by atoms with Crippen molar-refractivity contribution in [3.05, 3.63) is 23.8 Å². The fraction of sp³-hybridized carbons (Fsp3) is 0.700. The van der Waals surface area contributed by atoms with Crippen LogP contribution in [0.2, 0.25) is 0 Å². The number of hydrogen-bond acceptors (Lipinski definition) is 3. The minimum absolute atomic E-state index is 0.191. The van der Waals surface area contributed by atoms with Gasteiger partial charge in [0.25, 0.3) is 0 Å². The van der Waals surface area contributed by atoms with E-state index in [2.05, 4.69) is 13.8 Å². The predicted molar refractivity (Wildman–Crippen MR) is 94.4 cm³/mol. The van der Waals surface area contributed by atoms with Gasteiger partial charge in [-0.15, -0.1) is 0 Å². The average molecular weight is 320 g/mol. The van der Waals surface area contributed by atoms with Gasteiger partial charge < -0.3 is 14.2 Å². The molecule has 0 saturated carbocycles. The van der Waals surface area contributed by atoms with Gasteiger partial charge in [-0.05, 0) is 31.5 Å². The maximum absolute atomic E-state index is 6.01. The maximum atomic E-state index is 6.01. The summed E-state index contributed by atoms with van der Waals surface area (Å²) in [5.74, 6) is 1.80. The molecule has 0 amide bonds. The summed E-state index contributed by atoms with van der Waals surface area (Å²) in [5.41, 5.74) is 0.916. The molecule has 1 heterocycles. The van der Waals surface area contributed by atoms with Crippen LogP contribution < -0.4 is 9.47 Å². The predicted octanol–water partition coefficient (Wildman–Crippen LogP) is 5.46. The fourth-order valence-corrected chi connectivity index (χ4v) is 2.86. The van der Waals surface area contributed by atoms with E-state index in [0.717, 1.165) is 36.7 Å². The summed E-state index contributed by atoms with van der Waals surface area (Å²) in [6.45, 7) is 5.90. The summed E-state index contributed by atoms with van der Waals surface area (Å²) in [4.78, 5) is 0. The number of ether oxygens (including phenoxy) is 3. The van der Waals surface area contributed by atoms with Gasteiger partial charge in [-0.1, -0.05) is 51.9 Å². The molecule has 0 bridgehead atoms. The van der Waals surface area contributed by atoms with Crippen molar-refractivity contribution in [2.24, 2.45) is 0 Å². The highest BCUT2D eigenvalue weighted by atomic mass is 16.6. The number of benzene rings is 1. The van der Waals surface area contributed by atoms with E-state index in [1.165, 1.54) is 44.9 Å². The molecule has 130 valence electrons. The lowest BCUT2D eigenvalue weighted by atomic mass is 10.0. The number of epoxide rings is 1. The van der Waals surface area contributed by atoms with E-state index in [-0.39, 0.29) is 5.60 Å². The average Bonchev–Trinajstić information content (AvgIpc) is 3.32. The van der Waals surface area contributed by atoms with Crippen LogP contribution in [0.15, 0.2) is 18.2 Å². The molecule has 3 nitrogen and oxygen atoms in total. The highest BCUT2D eigenvalue weighted by molar-refractivity contribution is 5.45. The highest BCUT2D eigenvalue weighted by Crippen LogP contribution is 2.44. The van der Waals surface area contributed by atoms with E-state index < -0.39 is 0 Å². The van der Waals surface area contributed by atoms with Gasteiger partial charge in [0, 0.05) is 5.56 Å². The van der Waals surface area contributed by atoms with E-state index in [1.54, 1.807) is 7.11 Å². The molecular formula is C20H32O3. The van der Waals surface area contributed by atoms with Crippen molar-refractivity contribution < 1.29 is 14.2 Å². The van der Waals surface area contributed by atoms with Crippen molar-refractivity contribution in [3.63, 3.8) is 0 Å². The van der Waals surface area contributed by atoms with Gasteiger partial charge in [0.05, 0.1) is 20.3 Å². The normalized spacial score (nSPS) is 19.6. The van der Waals surface area contributed by atoms with Crippen molar-refractivity contribution in [1.82, 2.24) is 0 Å². The van der Waals surface area contributed by atoms with Gasteiger partial charge in [0.1, 0.15) is 17.1 Å². The second-order valence-corrected chi connectivity index (χ2v) is 6.70. The number of rotatable bonds is 12. The van der Waals surface area contributed by atoms with Gasteiger partial charge in [-0.3, -0.25) is 0 Å². The zero-order valence-corrected chi connectivity index (χ0v) is 15.0. The fourth-order valence-electron chi connectivity index (χ4n) is 2.86. The molecule has 2 rings (SSSR count). The number of unbranched alkanes of at least 4 members (excludes halogenated alkanes) is 7. The zero-order valence-electron chi connectivity index (χ0n) is 15.0. The Balaban J connectivity index is 1.69. The number of methoxy groups -OCH3 is 1. The first-order valence-corrected chi connectivity index (χ1v) is 9.15. The van der Waals surface area contributed by atoms with Crippen LogP contribution in [-0.4, -0.2) is 20.3 Å². The molecule has 0 N–H and O–H groups in total. The monoisotopic (exact) mass is 320 g/mol. The van der Waals surface area contributed by atoms with Crippen molar-refractivity contribution in [3.8, 4) is 11.5 Å². The first-order valence-electron chi connectivity index (χ1n) is 9.15. The summed E-state index contributed by atoms with van der Waals surface area (Å²) in [6, 6.07) is 6.00. The molecule has 0 aliphatic carbocycles. The second-order valence-electron chi connectivity index (χ2n) is 6.70. The first-order chi connectivity index (χ1) is 11.2. The smallest absolute Gasteiger partial charge is 0.125 e. The standard InChI is InChI=1S/C20H32O3/c1-4-5-6-7-8-9-10-11-14-22-19-13-12-17(21-3)15-18(19)20(2)16-23-20/h12-13,15H,4-11,14,16H2,1-3H3. The molecule has 1 aromatic rings. The van der Waals surface area contributed by atoms with Crippen molar-refractivity contribution in [2.45, 2.75) is 70.8 Å². The zero-order chi connectivity index (χ0) is 16.5. The third kappa shape index (κ3) is 5.72. The van der Waals surface area contributed by atoms with Crippen LogP contribution in [0.4, 0.5) is 0 Å². The summed E-state index contributed by atoms with van der Waals surface area (Å²) >= 11 is 0. The molecule has 23 heavy (non-hydrogen) atoms. The van der Waals surface area contributed by atoms with Gasteiger partial charge >= 0.3 is 0 Å². The molecular weight excluding hydrogens is 288 g/mol. The van der Waals surface area contributed by atoms with E-state index in [0.29, 0.717) is 0 Å². The lowest BCUT2D eigenvalue weighted by Crippen LogP contribution is -2.08. The molecule has 1 aromatic carbocycles. The Kier molecular flexibility index (Phi) is 7.22. The third-order valence-corrected chi connectivity index (χ3v) is 4.59. The SMILES string of the molecule is CCCCCCCCCCOc1ccc(OC)cc1C1(C)CO1. The Morgan fingerprint density at radius 3 is 2.30 bits per heavy atom. The van der Waals surface area contributed by atoms with Crippen LogP contribution >= 0.6 is 0 Å². The van der Waals surface area contributed by atoms with Crippen molar-refractivity contribution in [1.29, 1.82) is 0 Å². The van der Waals surface area contributed by atoms with Crippen LogP contribution in [0.1, 0.15) is 70.8 Å². The Hall–Kier alpha value is -1.22. The Bertz CT molecular complexity index is 466. The van der Waals surface area contributed by atoms with Gasteiger partial charge in [-0.2, -0.15) is 0 Å². The van der Waals surface area contributed by atoms with Crippen LogP contribution in [0, 0.1) is 0 Å². The Morgan fingerprint density at radius 2 is 1.70 bits per heavy atom. The van der Waals surface area contributed by atoms with Crippen molar-refractivity contribution in [2.75, 3.05) is 20.3 Å². The largest absolute Gasteiger partial charge is 0.497 e. The quantitative estimate of drug-likeness (QED) is 0.378. The van der Waals surface area contributed by atoms with E-state index in [9.17, 15) is 0 Å². The summed E-state index contributed by atoms with van der Waals surface area (Å²) in [7, 11) is 1.69. The molecule has 0 aromatic heterocycles. The molecule has 1 aliphatic heterocycles. The van der Waals surface area contributed by atoms with Crippen LogP contribution in [0.5, 0.6) is 11.5 Å². The Morgan fingerprint density at radius 1 is 1.04 bits per heavy atom. The number of hydrogen-bond donors (Lipinski definition) is 0. The topological polar surface area (TPSA) is 31.0 Å². The van der Waals surface area contributed by atoms with E-state index in [1.807, 2.05) is 18.2 Å². The molecule has 0 radical (unpaired) electrons. The molecule has 1 unspecified atom stereocenters. The lowest BCUT2D eigenvalue weighted by molar-refractivity contribution is 0.280. The molecule has 1 aliphatic rings. The maximum Gasteiger partial charge on any atom is 0.125 e. The lowest BCUT2D eigenvalue weighted by Gasteiger charge is -2.15. The van der Waals surface area contributed by atoms with E-state index >= 15 is 0 Å². The minimum atomic E-state index is -0.191. The molecule has 0 spiro atoms. The van der Waals surface area contributed by atoms with Crippen molar-refractivity contribution >= 4 is 0 Å². The first kappa shape index (κ1) is 18.1.